The van der Waals surface area contributed by atoms with Crippen molar-refractivity contribution in [2.24, 2.45) is 0 Å². The van der Waals surface area contributed by atoms with Gasteiger partial charge in [-0.2, -0.15) is 0 Å². The number of nitrogens with one attached hydrogen (secondary N) is 1. The second-order valence-electron chi connectivity index (χ2n) is 8.30. The average molecular weight is 506 g/mol. The van der Waals surface area contributed by atoms with Crippen LogP contribution in [0.3, 0.4) is 0 Å². The van der Waals surface area contributed by atoms with Crippen LogP contribution >= 0.6 is 34.3 Å². The van der Waals surface area contributed by atoms with Crippen LogP contribution in [-0.2, 0) is 12.8 Å². The molecular weight excluding hydrogens is 486 g/mol. The molecule has 1 amide bonds. The summed E-state index contributed by atoms with van der Waals surface area (Å²) in [4.78, 5) is 19.9. The van der Waals surface area contributed by atoms with Crippen LogP contribution in [0, 0.1) is 6.92 Å². The zero-order valence-electron chi connectivity index (χ0n) is 18.4. The van der Waals surface area contributed by atoms with E-state index in [9.17, 15) is 4.79 Å². The minimum absolute atomic E-state index is 0.255. The van der Waals surface area contributed by atoms with Crippen LogP contribution in [0.2, 0.25) is 5.02 Å². The molecule has 3 heterocycles. The standard InChI is InChI=1S/C26H20ClN3O2S2/c1-14-21(23(30-32-14)15-8-2-4-10-17(15)27)24(31)29-26-22(16-9-3-6-12-19(16)33-26)25-28-18-11-5-7-13-20(18)34-25/h2,4-5,7-8,10-11,13H,3,6,9,12H2,1H3,(H,29,31). The highest BCUT2D eigenvalue weighted by Crippen LogP contribution is 2.46. The van der Waals surface area contributed by atoms with Gasteiger partial charge < -0.3 is 9.84 Å². The molecule has 1 N–H and O–H groups in total. The van der Waals surface area contributed by atoms with Crippen molar-refractivity contribution in [3.63, 3.8) is 0 Å². The number of carbonyl (C=O) groups is 1. The molecule has 1 aliphatic rings. The van der Waals surface area contributed by atoms with Gasteiger partial charge in [-0.1, -0.05) is 47.1 Å². The third-order valence-electron chi connectivity index (χ3n) is 6.12. The van der Waals surface area contributed by atoms with Crippen molar-refractivity contribution in [3.8, 4) is 21.8 Å². The van der Waals surface area contributed by atoms with Gasteiger partial charge in [0.2, 0.25) is 0 Å². The zero-order valence-corrected chi connectivity index (χ0v) is 20.7. The monoisotopic (exact) mass is 505 g/mol. The Kier molecular flexibility index (Phi) is 5.48. The Hall–Kier alpha value is -3.00. The minimum Gasteiger partial charge on any atom is -0.360 e. The van der Waals surface area contributed by atoms with E-state index in [1.54, 1.807) is 35.7 Å². The smallest absolute Gasteiger partial charge is 0.262 e. The Morgan fingerprint density at radius 1 is 1.06 bits per heavy atom. The Morgan fingerprint density at radius 2 is 1.85 bits per heavy atom. The van der Waals surface area contributed by atoms with E-state index in [0.29, 0.717) is 27.6 Å². The molecule has 0 radical (unpaired) electrons. The van der Waals surface area contributed by atoms with Gasteiger partial charge in [0, 0.05) is 16.0 Å². The number of hydrogen-bond donors (Lipinski definition) is 1. The summed E-state index contributed by atoms with van der Waals surface area (Å²) >= 11 is 9.73. The maximum atomic E-state index is 13.6. The Labute approximate surface area is 209 Å². The lowest BCUT2D eigenvalue weighted by molar-refractivity contribution is 0.102. The number of thiophene rings is 1. The number of carbonyl (C=O) groups excluding carboxylic acids is 1. The predicted octanol–water partition coefficient (Wildman–Crippen LogP) is 7.77. The molecule has 3 aromatic heterocycles. The van der Waals surface area contributed by atoms with Crippen LogP contribution in [0.4, 0.5) is 5.00 Å². The van der Waals surface area contributed by atoms with E-state index in [2.05, 4.69) is 16.5 Å². The molecule has 0 fully saturated rings. The Morgan fingerprint density at radius 3 is 2.71 bits per heavy atom. The van der Waals surface area contributed by atoms with Gasteiger partial charge in [0.15, 0.2) is 0 Å². The third kappa shape index (κ3) is 3.64. The summed E-state index contributed by atoms with van der Waals surface area (Å²) in [5, 5.41) is 9.65. The maximum Gasteiger partial charge on any atom is 0.262 e. The van der Waals surface area contributed by atoms with E-state index in [0.717, 1.165) is 45.1 Å². The van der Waals surface area contributed by atoms with Crippen molar-refractivity contribution < 1.29 is 9.32 Å². The topological polar surface area (TPSA) is 68.0 Å². The number of nitrogens with zero attached hydrogens (tertiary/aromatic N) is 2. The number of fused-ring (bicyclic) bond motifs is 2. The zero-order chi connectivity index (χ0) is 23.2. The molecule has 0 unspecified atom stereocenters. The van der Waals surface area contributed by atoms with Gasteiger partial charge >= 0.3 is 0 Å². The third-order valence-corrected chi connectivity index (χ3v) is 8.72. The fourth-order valence-electron chi connectivity index (χ4n) is 4.50. The molecule has 6 rings (SSSR count). The average Bonchev–Trinajstić information content (AvgIpc) is 3.53. The van der Waals surface area contributed by atoms with Gasteiger partial charge in [0.25, 0.3) is 5.91 Å². The minimum atomic E-state index is -0.255. The van der Waals surface area contributed by atoms with Crippen LogP contribution < -0.4 is 5.32 Å². The number of amides is 1. The fourth-order valence-corrected chi connectivity index (χ4v) is 7.12. The second kappa shape index (κ2) is 8.65. The lowest BCUT2D eigenvalue weighted by Crippen LogP contribution is -2.13. The van der Waals surface area contributed by atoms with Crippen LogP contribution in [0.15, 0.2) is 53.1 Å². The molecule has 0 aliphatic heterocycles. The molecule has 0 saturated heterocycles. The van der Waals surface area contributed by atoms with Gasteiger partial charge in [-0.05, 0) is 56.4 Å². The van der Waals surface area contributed by atoms with Crippen LogP contribution in [0.5, 0.6) is 0 Å². The lowest BCUT2D eigenvalue weighted by Gasteiger charge is -2.12. The molecule has 8 heteroatoms. The number of rotatable bonds is 4. The highest BCUT2D eigenvalue weighted by Gasteiger charge is 2.28. The molecule has 5 aromatic rings. The first-order valence-electron chi connectivity index (χ1n) is 11.1. The van der Waals surface area contributed by atoms with Gasteiger partial charge in [0.1, 0.15) is 27.0 Å². The van der Waals surface area contributed by atoms with Crippen molar-refractivity contribution >= 4 is 55.4 Å². The number of benzene rings is 2. The second-order valence-corrected chi connectivity index (χ2v) is 10.8. The predicted molar refractivity (Wildman–Crippen MR) is 139 cm³/mol. The number of hydrogen-bond acceptors (Lipinski definition) is 6. The Balaban J connectivity index is 1.44. The van der Waals surface area contributed by atoms with Gasteiger partial charge in [-0.25, -0.2) is 4.98 Å². The summed E-state index contributed by atoms with van der Waals surface area (Å²) in [6.07, 6.45) is 4.35. The summed E-state index contributed by atoms with van der Waals surface area (Å²) in [6, 6.07) is 15.5. The van der Waals surface area contributed by atoms with Crippen molar-refractivity contribution in [1.82, 2.24) is 10.1 Å². The molecule has 170 valence electrons. The Bertz CT molecular complexity index is 1520. The molecule has 34 heavy (non-hydrogen) atoms. The molecule has 0 bridgehead atoms. The van der Waals surface area contributed by atoms with Crippen molar-refractivity contribution in [1.29, 1.82) is 0 Å². The molecule has 0 spiro atoms. The molecule has 0 saturated carbocycles. The summed E-state index contributed by atoms with van der Waals surface area (Å²) in [6.45, 7) is 1.75. The van der Waals surface area contributed by atoms with Crippen molar-refractivity contribution in [2.75, 3.05) is 5.32 Å². The van der Waals surface area contributed by atoms with Gasteiger partial charge in [-0.3, -0.25) is 4.79 Å². The molecule has 5 nitrogen and oxygen atoms in total. The van der Waals surface area contributed by atoms with E-state index >= 15 is 0 Å². The van der Waals surface area contributed by atoms with E-state index in [-0.39, 0.29) is 5.91 Å². The summed E-state index contributed by atoms with van der Waals surface area (Å²) in [5.41, 5.74) is 4.87. The first kappa shape index (κ1) is 21.5. The van der Waals surface area contributed by atoms with E-state index < -0.39 is 0 Å². The lowest BCUT2D eigenvalue weighted by atomic mass is 9.95. The number of aromatic nitrogens is 2. The van der Waals surface area contributed by atoms with Crippen molar-refractivity contribution in [2.45, 2.75) is 32.6 Å². The number of thiazole rings is 1. The number of aryl methyl sites for hydroxylation is 2. The van der Waals surface area contributed by atoms with Crippen molar-refractivity contribution in [3.05, 3.63) is 75.3 Å². The van der Waals surface area contributed by atoms with Gasteiger partial charge in [0.05, 0.1) is 15.2 Å². The SMILES string of the molecule is Cc1onc(-c2ccccc2Cl)c1C(=O)Nc1sc2c(c1-c1nc3ccccc3s1)CCCC2. The molecule has 1 aliphatic carbocycles. The highest BCUT2D eigenvalue weighted by molar-refractivity contribution is 7.23. The number of para-hydroxylation sites is 1. The van der Waals surface area contributed by atoms with E-state index in [4.69, 9.17) is 21.1 Å². The van der Waals surface area contributed by atoms with E-state index in [1.165, 1.54) is 16.9 Å². The van der Waals surface area contributed by atoms with Crippen LogP contribution in [-0.4, -0.2) is 16.0 Å². The summed E-state index contributed by atoms with van der Waals surface area (Å²) in [7, 11) is 0. The fraction of sp³-hybridized carbons (Fsp3) is 0.192. The van der Waals surface area contributed by atoms with Gasteiger partial charge in [-0.15, -0.1) is 22.7 Å². The normalized spacial score (nSPS) is 13.2. The summed E-state index contributed by atoms with van der Waals surface area (Å²) < 4.78 is 6.56. The number of halogens is 1. The molecule has 0 atom stereocenters. The maximum absolute atomic E-state index is 13.6. The first-order valence-corrected chi connectivity index (χ1v) is 13.1. The quantitative estimate of drug-likeness (QED) is 0.271. The van der Waals surface area contributed by atoms with Crippen LogP contribution in [0.1, 0.15) is 39.4 Å². The summed E-state index contributed by atoms with van der Waals surface area (Å²) in [5.74, 6) is 0.199. The van der Waals surface area contributed by atoms with Crippen LogP contribution in [0.25, 0.3) is 32.0 Å². The first-order chi connectivity index (χ1) is 16.6. The molecular formula is C26H20ClN3O2S2. The number of anilines is 1. The largest absolute Gasteiger partial charge is 0.360 e. The highest BCUT2D eigenvalue weighted by atomic mass is 35.5. The molecule has 2 aromatic carbocycles. The van der Waals surface area contributed by atoms with E-state index in [1.807, 2.05) is 36.4 Å².